The van der Waals surface area contributed by atoms with Crippen LogP contribution in [0.15, 0.2) is 24.3 Å². The Morgan fingerprint density at radius 1 is 1.10 bits per heavy atom. The molecule has 0 spiro atoms. The molecule has 1 aromatic carbocycles. The van der Waals surface area contributed by atoms with Gasteiger partial charge in [0.2, 0.25) is 11.8 Å². The van der Waals surface area contributed by atoms with E-state index in [9.17, 15) is 9.59 Å². The van der Waals surface area contributed by atoms with E-state index in [1.165, 1.54) is 0 Å². The molecule has 2 saturated heterocycles. The number of carbonyl (C=O) groups is 2. The fourth-order valence-corrected chi connectivity index (χ4v) is 4.31. The number of morpholine rings is 1. The van der Waals surface area contributed by atoms with Gasteiger partial charge < -0.3 is 19.3 Å². The van der Waals surface area contributed by atoms with Crippen molar-refractivity contribution in [1.82, 2.24) is 9.80 Å². The fraction of sp³-hybridized carbons (Fsp3) is 0.652. The van der Waals surface area contributed by atoms with Crippen LogP contribution in [0.25, 0.3) is 0 Å². The molecule has 0 saturated carbocycles. The lowest BCUT2D eigenvalue weighted by molar-refractivity contribution is -0.148. The molecule has 0 aromatic heterocycles. The van der Waals surface area contributed by atoms with Crippen LogP contribution in [-0.2, 0) is 14.3 Å². The Balaban J connectivity index is 1.76. The van der Waals surface area contributed by atoms with Gasteiger partial charge >= 0.3 is 0 Å². The normalized spacial score (nSPS) is 22.7. The standard InChI is InChI=1S/C23H33ClN2O4/c1-22(2,3)21(28)26-10-4-9-23(16-26,15-20(27)25-11-13-29-14-12-25)17-30-19-7-5-18(24)6-8-19/h5-8H,4,9-17H2,1-3H3/t23-/m0/s1. The summed E-state index contributed by atoms with van der Waals surface area (Å²) in [5, 5.41) is 0.652. The van der Waals surface area contributed by atoms with Crippen LogP contribution < -0.4 is 4.74 Å². The Morgan fingerprint density at radius 3 is 2.40 bits per heavy atom. The van der Waals surface area contributed by atoms with Crippen molar-refractivity contribution in [3.05, 3.63) is 29.3 Å². The molecule has 0 aliphatic carbocycles. The third-order valence-corrected chi connectivity index (χ3v) is 6.09. The minimum absolute atomic E-state index is 0.114. The van der Waals surface area contributed by atoms with Gasteiger partial charge in [-0.1, -0.05) is 32.4 Å². The average molecular weight is 437 g/mol. The van der Waals surface area contributed by atoms with E-state index in [0.29, 0.717) is 50.9 Å². The molecule has 1 aromatic rings. The molecule has 2 aliphatic rings. The second-order valence-corrected chi connectivity index (χ2v) is 9.93. The number of rotatable bonds is 5. The Kier molecular flexibility index (Phi) is 7.30. The summed E-state index contributed by atoms with van der Waals surface area (Å²) in [6.45, 7) is 9.87. The molecule has 30 heavy (non-hydrogen) atoms. The van der Waals surface area contributed by atoms with E-state index < -0.39 is 10.8 Å². The lowest BCUT2D eigenvalue weighted by atomic mass is 9.76. The summed E-state index contributed by atoms with van der Waals surface area (Å²) in [4.78, 5) is 29.9. The maximum atomic E-state index is 13.1. The number of benzene rings is 1. The lowest BCUT2D eigenvalue weighted by Gasteiger charge is -2.44. The number of ether oxygens (including phenoxy) is 2. The minimum atomic E-state index is -0.450. The van der Waals surface area contributed by atoms with Crippen molar-refractivity contribution < 1.29 is 19.1 Å². The number of amides is 2. The highest BCUT2D eigenvalue weighted by Gasteiger charge is 2.42. The van der Waals surface area contributed by atoms with Crippen molar-refractivity contribution in [1.29, 1.82) is 0 Å². The topological polar surface area (TPSA) is 59.1 Å². The van der Waals surface area contributed by atoms with E-state index in [4.69, 9.17) is 21.1 Å². The first-order valence-corrected chi connectivity index (χ1v) is 11.1. The van der Waals surface area contributed by atoms with E-state index in [0.717, 1.165) is 25.1 Å². The second kappa shape index (κ2) is 9.56. The number of hydrogen-bond donors (Lipinski definition) is 0. The molecule has 2 fully saturated rings. The van der Waals surface area contributed by atoms with Gasteiger partial charge in [-0.2, -0.15) is 0 Å². The zero-order valence-electron chi connectivity index (χ0n) is 18.3. The Hall–Kier alpha value is -1.79. The summed E-state index contributed by atoms with van der Waals surface area (Å²) in [7, 11) is 0. The SMILES string of the molecule is CC(C)(C)C(=O)N1CCC[C@](COc2ccc(Cl)cc2)(CC(=O)N2CCOCC2)C1. The smallest absolute Gasteiger partial charge is 0.227 e. The highest BCUT2D eigenvalue weighted by atomic mass is 35.5. The number of likely N-dealkylation sites (tertiary alicyclic amines) is 1. The molecule has 2 amide bonds. The van der Waals surface area contributed by atoms with Crippen LogP contribution in [0.2, 0.25) is 5.02 Å². The third-order valence-electron chi connectivity index (χ3n) is 5.84. The second-order valence-electron chi connectivity index (χ2n) is 9.49. The molecule has 7 heteroatoms. The molecule has 166 valence electrons. The predicted molar refractivity (Wildman–Crippen MR) is 117 cm³/mol. The van der Waals surface area contributed by atoms with Crippen molar-refractivity contribution in [2.24, 2.45) is 10.8 Å². The minimum Gasteiger partial charge on any atom is -0.493 e. The number of carbonyl (C=O) groups excluding carboxylic acids is 2. The van der Waals surface area contributed by atoms with Crippen LogP contribution in [-0.4, -0.2) is 67.6 Å². The Labute approximate surface area is 184 Å². The molecule has 0 bridgehead atoms. The van der Waals surface area contributed by atoms with E-state index in [1.54, 1.807) is 12.1 Å². The first-order chi connectivity index (χ1) is 14.2. The molecule has 0 radical (unpaired) electrons. The summed E-state index contributed by atoms with van der Waals surface area (Å²) >= 11 is 5.98. The highest BCUT2D eigenvalue weighted by Crippen LogP contribution is 2.37. The van der Waals surface area contributed by atoms with Gasteiger partial charge in [-0.15, -0.1) is 0 Å². The Morgan fingerprint density at radius 2 is 1.77 bits per heavy atom. The average Bonchev–Trinajstić information content (AvgIpc) is 2.73. The summed E-state index contributed by atoms with van der Waals surface area (Å²) < 4.78 is 11.5. The van der Waals surface area contributed by atoms with Crippen molar-refractivity contribution in [2.75, 3.05) is 46.0 Å². The first-order valence-electron chi connectivity index (χ1n) is 10.7. The largest absolute Gasteiger partial charge is 0.493 e. The van der Waals surface area contributed by atoms with Crippen LogP contribution in [0.4, 0.5) is 0 Å². The number of piperidine rings is 1. The van der Waals surface area contributed by atoms with Crippen LogP contribution in [0.3, 0.4) is 0 Å². The monoisotopic (exact) mass is 436 g/mol. The summed E-state index contributed by atoms with van der Waals surface area (Å²) in [5.41, 5.74) is -0.859. The molecule has 3 rings (SSSR count). The van der Waals surface area contributed by atoms with Gasteiger partial charge in [0.1, 0.15) is 5.75 Å². The molecule has 6 nitrogen and oxygen atoms in total. The maximum Gasteiger partial charge on any atom is 0.227 e. The van der Waals surface area contributed by atoms with Gasteiger partial charge in [-0.25, -0.2) is 0 Å². The maximum absolute atomic E-state index is 13.1. The number of hydrogen-bond acceptors (Lipinski definition) is 4. The summed E-state index contributed by atoms with van der Waals surface area (Å²) in [6, 6.07) is 7.25. The van der Waals surface area contributed by atoms with E-state index in [2.05, 4.69) is 0 Å². The van der Waals surface area contributed by atoms with Gasteiger partial charge in [0.05, 0.1) is 19.8 Å². The van der Waals surface area contributed by atoms with Crippen LogP contribution >= 0.6 is 11.6 Å². The Bertz CT molecular complexity index is 741. The van der Waals surface area contributed by atoms with E-state index >= 15 is 0 Å². The first kappa shape index (κ1) is 22.9. The molecule has 0 unspecified atom stereocenters. The molecule has 1 atom stereocenters. The van der Waals surface area contributed by atoms with E-state index in [1.807, 2.05) is 42.7 Å². The highest BCUT2D eigenvalue weighted by molar-refractivity contribution is 6.30. The predicted octanol–water partition coefficient (Wildman–Crippen LogP) is 3.62. The molecule has 2 heterocycles. The summed E-state index contributed by atoms with van der Waals surface area (Å²) in [6.07, 6.45) is 2.08. The van der Waals surface area contributed by atoms with Crippen molar-refractivity contribution in [2.45, 2.75) is 40.0 Å². The lowest BCUT2D eigenvalue weighted by Crippen LogP contribution is -2.53. The molecule has 0 N–H and O–H groups in total. The quantitative estimate of drug-likeness (QED) is 0.707. The van der Waals surface area contributed by atoms with Crippen LogP contribution in [0.1, 0.15) is 40.0 Å². The van der Waals surface area contributed by atoms with Gasteiger partial charge in [0.25, 0.3) is 0 Å². The van der Waals surface area contributed by atoms with Gasteiger partial charge in [-0.05, 0) is 37.1 Å². The van der Waals surface area contributed by atoms with Crippen molar-refractivity contribution in [3.63, 3.8) is 0 Å². The summed E-state index contributed by atoms with van der Waals surface area (Å²) in [5.74, 6) is 0.955. The third kappa shape index (κ3) is 5.88. The van der Waals surface area contributed by atoms with Crippen LogP contribution in [0, 0.1) is 10.8 Å². The van der Waals surface area contributed by atoms with Gasteiger partial charge in [0.15, 0.2) is 0 Å². The zero-order chi connectivity index (χ0) is 21.8. The molecular weight excluding hydrogens is 404 g/mol. The number of nitrogens with zero attached hydrogens (tertiary/aromatic N) is 2. The van der Waals surface area contributed by atoms with E-state index in [-0.39, 0.29) is 11.8 Å². The van der Waals surface area contributed by atoms with Gasteiger partial charge in [-0.3, -0.25) is 9.59 Å². The zero-order valence-corrected chi connectivity index (χ0v) is 19.0. The van der Waals surface area contributed by atoms with Gasteiger partial charge in [0, 0.05) is 48.5 Å². The van der Waals surface area contributed by atoms with Crippen molar-refractivity contribution in [3.8, 4) is 5.75 Å². The fourth-order valence-electron chi connectivity index (χ4n) is 4.18. The van der Waals surface area contributed by atoms with Crippen molar-refractivity contribution >= 4 is 23.4 Å². The molecular formula is C23H33ClN2O4. The molecule has 2 aliphatic heterocycles. The van der Waals surface area contributed by atoms with Crippen LogP contribution in [0.5, 0.6) is 5.75 Å². The number of halogens is 1.